The van der Waals surface area contributed by atoms with Crippen LogP contribution in [-0.4, -0.2) is 0 Å². The summed E-state index contributed by atoms with van der Waals surface area (Å²) >= 11 is 3.76. The molecule has 0 heterocycles. The summed E-state index contributed by atoms with van der Waals surface area (Å²) in [5, 5.41) is 7.92. The molecule has 1 atom stereocenters. The van der Waals surface area contributed by atoms with E-state index in [4.69, 9.17) is 0 Å². The molecule has 0 amide bonds. The van der Waals surface area contributed by atoms with Crippen molar-refractivity contribution in [3.05, 3.63) is 154 Å². The largest absolute Gasteiger partial charge is 0.0725 e. The number of fused-ring (bicyclic) bond motifs is 16. The van der Waals surface area contributed by atoms with Crippen LogP contribution < -0.4 is 0 Å². The third-order valence-electron chi connectivity index (χ3n) is 8.91. The molecule has 0 N–H and O–H groups in total. The van der Waals surface area contributed by atoms with Crippen LogP contribution in [0, 0.1) is 0 Å². The Balaban J connectivity index is 1.53. The molecule has 1 heteroatoms. The quantitative estimate of drug-likeness (QED) is 0.166. The zero-order valence-corrected chi connectivity index (χ0v) is 22.1. The Morgan fingerprint density at radius 1 is 0.342 bits per heavy atom. The van der Waals surface area contributed by atoms with Gasteiger partial charge in [0.1, 0.15) is 0 Å². The van der Waals surface area contributed by atoms with E-state index >= 15 is 0 Å². The van der Waals surface area contributed by atoms with Gasteiger partial charge in [0.05, 0.1) is 5.41 Å². The molecule has 7 aromatic rings. The average molecular weight is 545 g/mol. The molecule has 0 nitrogen and oxygen atoms in total. The van der Waals surface area contributed by atoms with Gasteiger partial charge in [0, 0.05) is 4.47 Å². The maximum atomic E-state index is 3.76. The van der Waals surface area contributed by atoms with E-state index in [0.717, 1.165) is 4.47 Å². The number of rotatable bonds is 0. The fourth-order valence-electron chi connectivity index (χ4n) is 7.51. The Morgan fingerprint density at radius 2 is 0.789 bits per heavy atom. The van der Waals surface area contributed by atoms with Gasteiger partial charge in [-0.05, 0) is 101 Å². The van der Waals surface area contributed by atoms with Crippen molar-refractivity contribution >= 4 is 48.2 Å². The van der Waals surface area contributed by atoms with Crippen molar-refractivity contribution < 1.29 is 0 Å². The van der Waals surface area contributed by atoms with Gasteiger partial charge in [0.2, 0.25) is 0 Å². The molecule has 0 saturated heterocycles. The molecule has 1 spiro atoms. The van der Waals surface area contributed by atoms with Crippen molar-refractivity contribution in [1.82, 2.24) is 0 Å². The van der Waals surface area contributed by atoms with Crippen molar-refractivity contribution in [2.75, 3.05) is 0 Å². The van der Waals surface area contributed by atoms with Gasteiger partial charge in [0.25, 0.3) is 0 Å². The van der Waals surface area contributed by atoms with Gasteiger partial charge < -0.3 is 0 Å². The Bertz CT molecular complexity index is 2150. The van der Waals surface area contributed by atoms with E-state index in [-0.39, 0.29) is 5.41 Å². The summed E-state index contributed by atoms with van der Waals surface area (Å²) in [6.45, 7) is 0. The predicted octanol–water partition coefficient (Wildman–Crippen LogP) is 10.3. The molecule has 2 aliphatic carbocycles. The highest BCUT2D eigenvalue weighted by Gasteiger charge is 2.51. The lowest BCUT2D eigenvalue weighted by atomic mass is 9.70. The first-order valence-electron chi connectivity index (χ1n) is 13.1. The maximum absolute atomic E-state index is 3.76. The SMILES string of the molecule is Brc1ccc2c(c1)-c1ccccc1C21c2ccccc2-c2cc3c4ccccc4c4ccccc4c3cc21. The van der Waals surface area contributed by atoms with E-state index in [0.29, 0.717) is 0 Å². The van der Waals surface area contributed by atoms with Crippen molar-refractivity contribution in [2.24, 2.45) is 0 Å². The van der Waals surface area contributed by atoms with E-state index in [9.17, 15) is 0 Å². The fourth-order valence-corrected chi connectivity index (χ4v) is 7.87. The molecule has 176 valence electrons. The molecule has 7 aromatic carbocycles. The number of benzene rings is 7. The molecule has 0 aliphatic heterocycles. The zero-order valence-electron chi connectivity index (χ0n) is 20.5. The number of halogens is 1. The van der Waals surface area contributed by atoms with E-state index < -0.39 is 0 Å². The van der Waals surface area contributed by atoms with Crippen LogP contribution in [0.25, 0.3) is 54.6 Å². The summed E-state index contributed by atoms with van der Waals surface area (Å²) in [5.74, 6) is 0. The molecule has 0 aromatic heterocycles. The highest BCUT2D eigenvalue weighted by molar-refractivity contribution is 9.10. The summed E-state index contributed by atoms with van der Waals surface area (Å²) in [7, 11) is 0. The van der Waals surface area contributed by atoms with E-state index in [2.05, 4.69) is 143 Å². The molecule has 0 bridgehead atoms. The van der Waals surface area contributed by atoms with Crippen LogP contribution in [0.1, 0.15) is 22.3 Å². The van der Waals surface area contributed by atoms with Crippen LogP contribution >= 0.6 is 15.9 Å². The molecule has 2 aliphatic rings. The number of hydrogen-bond acceptors (Lipinski definition) is 0. The van der Waals surface area contributed by atoms with Crippen molar-refractivity contribution in [3.8, 4) is 22.3 Å². The van der Waals surface area contributed by atoms with Crippen LogP contribution in [0.2, 0.25) is 0 Å². The second-order valence-electron chi connectivity index (χ2n) is 10.6. The summed E-state index contributed by atoms with van der Waals surface area (Å²) in [6.07, 6.45) is 0. The van der Waals surface area contributed by atoms with Gasteiger partial charge in [-0.25, -0.2) is 0 Å². The molecule has 38 heavy (non-hydrogen) atoms. The van der Waals surface area contributed by atoms with Gasteiger partial charge in [-0.15, -0.1) is 0 Å². The van der Waals surface area contributed by atoms with Crippen LogP contribution in [0.3, 0.4) is 0 Å². The molecule has 0 fully saturated rings. The summed E-state index contributed by atoms with van der Waals surface area (Å²) in [6, 6.07) is 47.7. The van der Waals surface area contributed by atoms with Gasteiger partial charge in [-0.2, -0.15) is 0 Å². The van der Waals surface area contributed by atoms with Gasteiger partial charge in [0.15, 0.2) is 0 Å². The minimum Gasteiger partial charge on any atom is -0.0619 e. The first-order chi connectivity index (χ1) is 18.8. The minimum atomic E-state index is -0.334. The molecule has 0 radical (unpaired) electrons. The van der Waals surface area contributed by atoms with Crippen LogP contribution in [0.4, 0.5) is 0 Å². The van der Waals surface area contributed by atoms with Crippen molar-refractivity contribution in [3.63, 3.8) is 0 Å². The lowest BCUT2D eigenvalue weighted by Crippen LogP contribution is -2.25. The van der Waals surface area contributed by atoms with Gasteiger partial charge in [-0.1, -0.05) is 119 Å². The third-order valence-corrected chi connectivity index (χ3v) is 9.41. The van der Waals surface area contributed by atoms with Gasteiger partial charge >= 0.3 is 0 Å². The standard InChI is InChI=1S/C37H21Br/c38-22-17-18-35-31(19-22)27-13-5-7-15-33(27)37(35)34-16-8-6-14-28(34)32-20-29-25-11-3-1-9-23(25)24-10-2-4-12-26(24)30(29)21-36(32)37/h1-21H. The second kappa shape index (κ2) is 7.22. The lowest BCUT2D eigenvalue weighted by molar-refractivity contribution is 0.795. The van der Waals surface area contributed by atoms with Crippen LogP contribution in [0.15, 0.2) is 132 Å². The molecule has 0 saturated carbocycles. The third kappa shape index (κ3) is 2.37. The van der Waals surface area contributed by atoms with E-state index in [1.165, 1.54) is 76.8 Å². The Hall–Kier alpha value is -4.20. The van der Waals surface area contributed by atoms with E-state index in [1.807, 2.05) is 0 Å². The molecular formula is C37H21Br. The summed E-state index contributed by atoms with van der Waals surface area (Å²) in [4.78, 5) is 0. The Kier molecular flexibility index (Phi) is 3.95. The minimum absolute atomic E-state index is 0.334. The molecular weight excluding hydrogens is 524 g/mol. The topological polar surface area (TPSA) is 0 Å². The number of hydrogen-bond donors (Lipinski definition) is 0. The summed E-state index contributed by atoms with van der Waals surface area (Å²) < 4.78 is 1.12. The average Bonchev–Trinajstić information content (AvgIpc) is 3.43. The smallest absolute Gasteiger partial charge is 0.0619 e. The predicted molar refractivity (Wildman–Crippen MR) is 163 cm³/mol. The zero-order chi connectivity index (χ0) is 25.0. The lowest BCUT2D eigenvalue weighted by Gasteiger charge is -2.30. The van der Waals surface area contributed by atoms with Crippen LogP contribution in [-0.2, 0) is 5.41 Å². The second-order valence-corrected chi connectivity index (χ2v) is 11.5. The van der Waals surface area contributed by atoms with Crippen LogP contribution in [0.5, 0.6) is 0 Å². The highest BCUT2D eigenvalue weighted by atomic mass is 79.9. The molecule has 9 rings (SSSR count). The first-order valence-corrected chi connectivity index (χ1v) is 13.9. The monoisotopic (exact) mass is 544 g/mol. The Labute approximate surface area is 229 Å². The van der Waals surface area contributed by atoms with E-state index in [1.54, 1.807) is 0 Å². The Morgan fingerprint density at radius 3 is 1.39 bits per heavy atom. The van der Waals surface area contributed by atoms with Crippen molar-refractivity contribution in [1.29, 1.82) is 0 Å². The normalized spacial score (nSPS) is 16.7. The fraction of sp³-hybridized carbons (Fsp3) is 0.0270. The molecule has 1 unspecified atom stereocenters. The summed E-state index contributed by atoms with van der Waals surface area (Å²) in [5.41, 5.74) is 10.5. The first kappa shape index (κ1) is 20.8. The maximum Gasteiger partial charge on any atom is 0.0725 e. The van der Waals surface area contributed by atoms with Gasteiger partial charge in [-0.3, -0.25) is 0 Å². The highest BCUT2D eigenvalue weighted by Crippen LogP contribution is 2.63. The van der Waals surface area contributed by atoms with Crippen molar-refractivity contribution in [2.45, 2.75) is 5.41 Å².